The first kappa shape index (κ1) is 12.8. The zero-order chi connectivity index (χ0) is 12.1. The summed E-state index contributed by atoms with van der Waals surface area (Å²) in [5, 5.41) is 0.423. The van der Waals surface area contributed by atoms with Crippen LogP contribution in [0.15, 0.2) is 18.2 Å². The van der Waals surface area contributed by atoms with Crippen molar-refractivity contribution in [3.8, 4) is 5.75 Å². The maximum absolute atomic E-state index is 11.7. The van der Waals surface area contributed by atoms with E-state index in [4.69, 9.17) is 16.3 Å². The quantitative estimate of drug-likeness (QED) is 0.811. The van der Waals surface area contributed by atoms with Gasteiger partial charge in [0, 0.05) is 14.1 Å². The number of rotatable bonds is 4. The summed E-state index contributed by atoms with van der Waals surface area (Å²) in [5.41, 5.74) is 0.496. The minimum Gasteiger partial charge on any atom is -0.494 e. The molecule has 0 radical (unpaired) electrons. The Hall–Kier alpha value is -1.22. The minimum absolute atomic E-state index is 0.105. The Morgan fingerprint density at radius 3 is 2.62 bits per heavy atom. The Balaban J connectivity index is 2.87. The first-order chi connectivity index (χ1) is 7.56. The highest BCUT2D eigenvalue weighted by atomic mass is 35.5. The van der Waals surface area contributed by atoms with Crippen molar-refractivity contribution in [1.29, 1.82) is 0 Å². The van der Waals surface area contributed by atoms with E-state index in [1.54, 1.807) is 32.3 Å². The molecule has 88 valence electrons. The van der Waals surface area contributed by atoms with Gasteiger partial charge in [-0.3, -0.25) is 4.79 Å². The van der Waals surface area contributed by atoms with Crippen molar-refractivity contribution in [2.75, 3.05) is 20.7 Å². The van der Waals surface area contributed by atoms with Crippen molar-refractivity contribution >= 4 is 17.5 Å². The van der Waals surface area contributed by atoms with E-state index in [1.165, 1.54) is 4.90 Å². The molecule has 16 heavy (non-hydrogen) atoms. The molecule has 0 spiro atoms. The van der Waals surface area contributed by atoms with Crippen LogP contribution < -0.4 is 4.74 Å². The molecule has 0 aliphatic carbocycles. The summed E-state index contributed by atoms with van der Waals surface area (Å²) < 4.78 is 5.42. The molecule has 1 rings (SSSR count). The number of hydrogen-bond donors (Lipinski definition) is 0. The van der Waals surface area contributed by atoms with E-state index < -0.39 is 0 Å². The third kappa shape index (κ3) is 3.14. The summed E-state index contributed by atoms with van der Waals surface area (Å²) in [4.78, 5) is 13.2. The molecule has 0 aromatic heterocycles. The molecule has 0 aliphatic heterocycles. The molecule has 0 saturated heterocycles. The SMILES string of the molecule is CCCOc1ccc(C(=O)N(C)C)c(Cl)c1. The highest BCUT2D eigenvalue weighted by Crippen LogP contribution is 2.23. The van der Waals surface area contributed by atoms with E-state index >= 15 is 0 Å². The molecular formula is C12H16ClNO2. The van der Waals surface area contributed by atoms with Crippen molar-refractivity contribution < 1.29 is 9.53 Å². The maximum atomic E-state index is 11.7. The van der Waals surface area contributed by atoms with Crippen LogP contribution in [-0.4, -0.2) is 31.5 Å². The van der Waals surface area contributed by atoms with E-state index in [1.807, 2.05) is 6.92 Å². The first-order valence-electron chi connectivity index (χ1n) is 5.20. The van der Waals surface area contributed by atoms with E-state index in [2.05, 4.69) is 0 Å². The van der Waals surface area contributed by atoms with Gasteiger partial charge in [0.1, 0.15) is 5.75 Å². The van der Waals surface area contributed by atoms with Gasteiger partial charge in [-0.2, -0.15) is 0 Å². The standard InChI is InChI=1S/C12H16ClNO2/c1-4-7-16-9-5-6-10(11(13)8-9)12(15)14(2)3/h5-6,8H,4,7H2,1-3H3. The average molecular weight is 242 g/mol. The van der Waals surface area contributed by atoms with Crippen LogP contribution in [0.4, 0.5) is 0 Å². The molecule has 0 bridgehead atoms. The molecule has 3 nitrogen and oxygen atoms in total. The molecule has 1 aromatic rings. The maximum Gasteiger partial charge on any atom is 0.254 e. The zero-order valence-electron chi connectivity index (χ0n) is 9.79. The molecule has 0 heterocycles. The van der Waals surface area contributed by atoms with Crippen molar-refractivity contribution in [3.63, 3.8) is 0 Å². The lowest BCUT2D eigenvalue weighted by atomic mass is 10.2. The largest absolute Gasteiger partial charge is 0.494 e. The Morgan fingerprint density at radius 2 is 2.12 bits per heavy atom. The molecule has 0 N–H and O–H groups in total. The van der Waals surface area contributed by atoms with Gasteiger partial charge in [-0.25, -0.2) is 0 Å². The second-order valence-electron chi connectivity index (χ2n) is 3.69. The van der Waals surface area contributed by atoms with Gasteiger partial charge in [0.2, 0.25) is 0 Å². The van der Waals surface area contributed by atoms with Crippen LogP contribution in [0.5, 0.6) is 5.75 Å². The molecular weight excluding hydrogens is 226 g/mol. The van der Waals surface area contributed by atoms with Gasteiger partial charge in [-0.15, -0.1) is 0 Å². The molecule has 0 aliphatic rings. The number of amides is 1. The Morgan fingerprint density at radius 1 is 1.44 bits per heavy atom. The van der Waals surface area contributed by atoms with Crippen molar-refractivity contribution in [2.24, 2.45) is 0 Å². The highest BCUT2D eigenvalue weighted by molar-refractivity contribution is 6.34. The number of halogens is 1. The topological polar surface area (TPSA) is 29.5 Å². The second kappa shape index (κ2) is 5.75. The third-order valence-corrected chi connectivity index (χ3v) is 2.36. The number of benzene rings is 1. The summed E-state index contributed by atoms with van der Waals surface area (Å²) >= 11 is 6.02. The molecule has 4 heteroatoms. The van der Waals surface area contributed by atoms with E-state index in [0.29, 0.717) is 22.9 Å². The normalized spacial score (nSPS) is 10.0. The monoisotopic (exact) mass is 241 g/mol. The fourth-order valence-corrected chi connectivity index (χ4v) is 1.47. The van der Waals surface area contributed by atoms with Gasteiger partial charge in [-0.1, -0.05) is 18.5 Å². The van der Waals surface area contributed by atoms with Gasteiger partial charge in [0.15, 0.2) is 0 Å². The van der Waals surface area contributed by atoms with Crippen molar-refractivity contribution in [3.05, 3.63) is 28.8 Å². The van der Waals surface area contributed by atoms with Crippen LogP contribution in [0, 0.1) is 0 Å². The summed E-state index contributed by atoms with van der Waals surface area (Å²) in [5.74, 6) is 0.592. The second-order valence-corrected chi connectivity index (χ2v) is 4.10. The lowest BCUT2D eigenvalue weighted by Crippen LogP contribution is -2.21. The summed E-state index contributed by atoms with van der Waals surface area (Å²) in [6, 6.07) is 5.13. The van der Waals surface area contributed by atoms with E-state index in [0.717, 1.165) is 6.42 Å². The van der Waals surface area contributed by atoms with Gasteiger partial charge >= 0.3 is 0 Å². The van der Waals surface area contributed by atoms with Crippen LogP contribution in [-0.2, 0) is 0 Å². The van der Waals surface area contributed by atoms with E-state index in [-0.39, 0.29) is 5.91 Å². The van der Waals surface area contributed by atoms with Gasteiger partial charge in [0.05, 0.1) is 17.2 Å². The minimum atomic E-state index is -0.105. The van der Waals surface area contributed by atoms with Crippen LogP contribution in [0.2, 0.25) is 5.02 Å². The van der Waals surface area contributed by atoms with Crippen LogP contribution >= 0.6 is 11.6 Å². The smallest absolute Gasteiger partial charge is 0.254 e. The van der Waals surface area contributed by atoms with Gasteiger partial charge in [-0.05, 0) is 24.6 Å². The number of hydrogen-bond acceptors (Lipinski definition) is 2. The van der Waals surface area contributed by atoms with Gasteiger partial charge < -0.3 is 9.64 Å². The molecule has 1 amide bonds. The lowest BCUT2D eigenvalue weighted by Gasteiger charge is -2.12. The summed E-state index contributed by atoms with van der Waals surface area (Å²) in [6.07, 6.45) is 0.940. The first-order valence-corrected chi connectivity index (χ1v) is 5.58. The van der Waals surface area contributed by atoms with E-state index in [9.17, 15) is 4.79 Å². The number of ether oxygens (including phenoxy) is 1. The molecule has 1 aromatic carbocycles. The Kier molecular flexibility index (Phi) is 4.62. The fourth-order valence-electron chi connectivity index (χ4n) is 1.22. The van der Waals surface area contributed by atoms with Crippen LogP contribution in [0.25, 0.3) is 0 Å². The van der Waals surface area contributed by atoms with Crippen molar-refractivity contribution in [1.82, 2.24) is 4.90 Å². The fraction of sp³-hybridized carbons (Fsp3) is 0.417. The molecule has 0 atom stereocenters. The zero-order valence-corrected chi connectivity index (χ0v) is 10.5. The molecule has 0 fully saturated rings. The van der Waals surface area contributed by atoms with Crippen LogP contribution in [0.3, 0.4) is 0 Å². The number of nitrogens with zero attached hydrogens (tertiary/aromatic N) is 1. The molecule has 0 unspecified atom stereocenters. The average Bonchev–Trinajstić information content (AvgIpc) is 2.25. The predicted molar refractivity (Wildman–Crippen MR) is 65.3 cm³/mol. The predicted octanol–water partition coefficient (Wildman–Crippen LogP) is 2.83. The lowest BCUT2D eigenvalue weighted by molar-refractivity contribution is 0.0828. The third-order valence-electron chi connectivity index (χ3n) is 2.05. The Labute approximate surface area is 101 Å². The summed E-state index contributed by atoms with van der Waals surface area (Å²) in [7, 11) is 3.39. The van der Waals surface area contributed by atoms with Gasteiger partial charge in [0.25, 0.3) is 5.91 Å². The van der Waals surface area contributed by atoms with Crippen molar-refractivity contribution in [2.45, 2.75) is 13.3 Å². The highest BCUT2D eigenvalue weighted by Gasteiger charge is 2.12. The number of carbonyl (C=O) groups is 1. The molecule has 0 saturated carbocycles. The summed E-state index contributed by atoms with van der Waals surface area (Å²) in [6.45, 7) is 2.68. The Bertz CT molecular complexity index is 377. The number of carbonyl (C=O) groups excluding carboxylic acids is 1. The van der Waals surface area contributed by atoms with Crippen LogP contribution in [0.1, 0.15) is 23.7 Å².